The maximum absolute atomic E-state index is 12.2. The first kappa shape index (κ1) is 18.0. The third-order valence-corrected chi connectivity index (χ3v) is 3.75. The van der Waals surface area contributed by atoms with Crippen molar-refractivity contribution in [1.82, 2.24) is 5.32 Å². The highest BCUT2D eigenvalue weighted by molar-refractivity contribution is 5.94. The van der Waals surface area contributed by atoms with E-state index in [1.807, 2.05) is 61.5 Å². The van der Waals surface area contributed by atoms with Crippen LogP contribution in [0, 0.1) is 0 Å². The molecule has 0 saturated heterocycles. The molecular formula is C20H26N2O2. The van der Waals surface area contributed by atoms with Gasteiger partial charge in [0.15, 0.2) is 0 Å². The largest absolute Gasteiger partial charge is 0.457 e. The van der Waals surface area contributed by atoms with E-state index in [-0.39, 0.29) is 11.9 Å². The molecule has 0 fully saturated rings. The van der Waals surface area contributed by atoms with Crippen molar-refractivity contribution in [2.75, 3.05) is 5.32 Å². The molecule has 0 aromatic heterocycles. The van der Waals surface area contributed by atoms with Crippen molar-refractivity contribution in [3.8, 4) is 11.5 Å². The zero-order chi connectivity index (χ0) is 17.4. The van der Waals surface area contributed by atoms with Crippen LogP contribution in [0.15, 0.2) is 54.6 Å². The Morgan fingerprint density at radius 1 is 1.00 bits per heavy atom. The Hall–Kier alpha value is -2.33. The second-order valence-electron chi connectivity index (χ2n) is 6.01. The first-order valence-electron chi connectivity index (χ1n) is 8.48. The summed E-state index contributed by atoms with van der Waals surface area (Å²) >= 11 is 0. The van der Waals surface area contributed by atoms with Crippen molar-refractivity contribution in [3.05, 3.63) is 54.6 Å². The summed E-state index contributed by atoms with van der Waals surface area (Å²) in [6, 6.07) is 17.1. The van der Waals surface area contributed by atoms with Crippen LogP contribution < -0.4 is 15.4 Å². The van der Waals surface area contributed by atoms with Gasteiger partial charge < -0.3 is 15.4 Å². The van der Waals surface area contributed by atoms with Crippen molar-refractivity contribution in [2.24, 2.45) is 0 Å². The predicted octanol–water partition coefficient (Wildman–Crippen LogP) is 4.58. The Morgan fingerprint density at radius 3 is 2.25 bits per heavy atom. The van der Waals surface area contributed by atoms with Gasteiger partial charge >= 0.3 is 0 Å². The van der Waals surface area contributed by atoms with Crippen molar-refractivity contribution < 1.29 is 9.53 Å². The van der Waals surface area contributed by atoms with Crippen LogP contribution in [0.3, 0.4) is 0 Å². The minimum absolute atomic E-state index is 0.0327. The molecule has 0 aliphatic rings. The van der Waals surface area contributed by atoms with Gasteiger partial charge in [0.1, 0.15) is 11.5 Å². The van der Waals surface area contributed by atoms with Crippen LogP contribution >= 0.6 is 0 Å². The molecular weight excluding hydrogens is 300 g/mol. The Balaban J connectivity index is 1.88. The molecule has 0 radical (unpaired) electrons. The highest BCUT2D eigenvalue weighted by atomic mass is 16.5. The Bertz CT molecular complexity index is 626. The summed E-state index contributed by atoms with van der Waals surface area (Å²) in [6.07, 6.45) is 2.16. The van der Waals surface area contributed by atoms with Crippen molar-refractivity contribution in [1.29, 1.82) is 0 Å². The molecule has 1 amide bonds. The van der Waals surface area contributed by atoms with E-state index in [4.69, 9.17) is 4.74 Å². The van der Waals surface area contributed by atoms with E-state index in [1.54, 1.807) is 0 Å². The lowest BCUT2D eigenvalue weighted by molar-refractivity contribution is -0.117. The maximum atomic E-state index is 12.2. The summed E-state index contributed by atoms with van der Waals surface area (Å²) in [6.45, 7) is 6.12. The van der Waals surface area contributed by atoms with E-state index in [9.17, 15) is 4.79 Å². The lowest BCUT2D eigenvalue weighted by atomic mass is 10.1. The average molecular weight is 326 g/mol. The first-order valence-corrected chi connectivity index (χ1v) is 8.48. The summed E-state index contributed by atoms with van der Waals surface area (Å²) < 4.78 is 5.74. The molecule has 0 bridgehead atoms. The number of nitrogens with one attached hydrogen (secondary N) is 2. The number of benzene rings is 2. The molecule has 2 atom stereocenters. The molecule has 2 N–H and O–H groups in total. The minimum atomic E-state index is -0.230. The topological polar surface area (TPSA) is 50.4 Å². The molecule has 0 spiro atoms. The van der Waals surface area contributed by atoms with Gasteiger partial charge in [-0.1, -0.05) is 31.5 Å². The van der Waals surface area contributed by atoms with E-state index in [0.29, 0.717) is 6.04 Å². The fourth-order valence-corrected chi connectivity index (χ4v) is 2.50. The number of rotatable bonds is 8. The third-order valence-electron chi connectivity index (χ3n) is 3.75. The van der Waals surface area contributed by atoms with Crippen LogP contribution in [0.2, 0.25) is 0 Å². The summed E-state index contributed by atoms with van der Waals surface area (Å²) in [5.41, 5.74) is 0.761. The van der Waals surface area contributed by atoms with Gasteiger partial charge in [0.2, 0.25) is 5.91 Å². The Labute approximate surface area is 144 Å². The molecule has 2 aromatic carbocycles. The van der Waals surface area contributed by atoms with Crippen LogP contribution in [-0.4, -0.2) is 18.0 Å². The van der Waals surface area contributed by atoms with Crippen LogP contribution in [0.25, 0.3) is 0 Å². The van der Waals surface area contributed by atoms with E-state index in [2.05, 4.69) is 24.5 Å². The van der Waals surface area contributed by atoms with Crippen molar-refractivity contribution in [3.63, 3.8) is 0 Å². The molecule has 0 aliphatic heterocycles. The lowest BCUT2D eigenvalue weighted by Crippen LogP contribution is -2.42. The smallest absolute Gasteiger partial charge is 0.241 e. The summed E-state index contributed by atoms with van der Waals surface area (Å²) in [5, 5.41) is 6.23. The normalized spacial score (nSPS) is 13.1. The van der Waals surface area contributed by atoms with Gasteiger partial charge in [-0.05, 0) is 56.7 Å². The van der Waals surface area contributed by atoms with Gasteiger partial charge in [0.05, 0.1) is 6.04 Å². The standard InChI is InChI=1S/C20H26N2O2/c1-4-8-15(2)21-16(3)20(23)22-17-11-13-19(14-12-17)24-18-9-6-5-7-10-18/h5-7,9-16,21H,4,8H2,1-3H3,(H,22,23). The predicted molar refractivity (Wildman–Crippen MR) is 98.6 cm³/mol. The second-order valence-corrected chi connectivity index (χ2v) is 6.01. The summed E-state index contributed by atoms with van der Waals surface area (Å²) in [4.78, 5) is 12.2. The number of hydrogen-bond acceptors (Lipinski definition) is 3. The van der Waals surface area contributed by atoms with Crippen LogP contribution in [0.5, 0.6) is 11.5 Å². The van der Waals surface area contributed by atoms with Gasteiger partial charge in [0.25, 0.3) is 0 Å². The van der Waals surface area contributed by atoms with Gasteiger partial charge in [-0.25, -0.2) is 0 Å². The van der Waals surface area contributed by atoms with E-state index in [0.717, 1.165) is 30.0 Å². The fraction of sp³-hybridized carbons (Fsp3) is 0.350. The van der Waals surface area contributed by atoms with E-state index in [1.165, 1.54) is 0 Å². The highest BCUT2D eigenvalue weighted by Crippen LogP contribution is 2.22. The van der Waals surface area contributed by atoms with Crippen LogP contribution in [0.1, 0.15) is 33.6 Å². The molecule has 24 heavy (non-hydrogen) atoms. The van der Waals surface area contributed by atoms with E-state index < -0.39 is 0 Å². The third kappa shape index (κ3) is 5.70. The van der Waals surface area contributed by atoms with Gasteiger partial charge in [-0.2, -0.15) is 0 Å². The zero-order valence-electron chi connectivity index (χ0n) is 14.6. The molecule has 4 nitrogen and oxygen atoms in total. The van der Waals surface area contributed by atoms with Gasteiger partial charge in [0, 0.05) is 11.7 Å². The van der Waals surface area contributed by atoms with Crippen molar-refractivity contribution in [2.45, 2.75) is 45.7 Å². The molecule has 2 aromatic rings. The molecule has 4 heteroatoms. The van der Waals surface area contributed by atoms with Crippen LogP contribution in [0.4, 0.5) is 5.69 Å². The molecule has 2 unspecified atom stereocenters. The summed E-state index contributed by atoms with van der Waals surface area (Å²) in [5.74, 6) is 1.49. The van der Waals surface area contributed by atoms with Gasteiger partial charge in [-0.15, -0.1) is 0 Å². The van der Waals surface area contributed by atoms with Crippen molar-refractivity contribution >= 4 is 11.6 Å². The number of carbonyl (C=O) groups excluding carboxylic acids is 1. The second kappa shape index (κ2) is 9.08. The quantitative estimate of drug-likeness (QED) is 0.746. The molecule has 0 saturated carbocycles. The molecule has 2 rings (SSSR count). The number of para-hydroxylation sites is 1. The minimum Gasteiger partial charge on any atom is -0.457 e. The number of carbonyl (C=O) groups is 1. The lowest BCUT2D eigenvalue weighted by Gasteiger charge is -2.19. The highest BCUT2D eigenvalue weighted by Gasteiger charge is 2.15. The zero-order valence-corrected chi connectivity index (χ0v) is 14.6. The molecule has 128 valence electrons. The van der Waals surface area contributed by atoms with Gasteiger partial charge in [-0.3, -0.25) is 4.79 Å². The number of hydrogen-bond donors (Lipinski definition) is 2. The Kier molecular flexibility index (Phi) is 6.82. The number of ether oxygens (including phenoxy) is 1. The number of anilines is 1. The monoisotopic (exact) mass is 326 g/mol. The molecule has 0 aliphatic carbocycles. The first-order chi connectivity index (χ1) is 11.6. The average Bonchev–Trinajstić information content (AvgIpc) is 2.57. The van der Waals surface area contributed by atoms with Crippen LogP contribution in [-0.2, 0) is 4.79 Å². The maximum Gasteiger partial charge on any atom is 0.241 e. The fourth-order valence-electron chi connectivity index (χ4n) is 2.50. The summed E-state index contributed by atoms with van der Waals surface area (Å²) in [7, 11) is 0. The number of amides is 1. The Morgan fingerprint density at radius 2 is 1.62 bits per heavy atom. The molecule has 0 heterocycles. The van der Waals surface area contributed by atoms with E-state index >= 15 is 0 Å². The SMILES string of the molecule is CCCC(C)NC(C)C(=O)Nc1ccc(Oc2ccccc2)cc1.